The minimum Gasteiger partial charge on any atom is -0.432 e. The lowest BCUT2D eigenvalue weighted by molar-refractivity contribution is -0.150. The Balaban J connectivity index is 1.29. The summed E-state index contributed by atoms with van der Waals surface area (Å²) in [6.45, 7) is 6.46. The summed E-state index contributed by atoms with van der Waals surface area (Å²) in [7, 11) is -3.02. The number of carbonyl (C=O) groups is 3. The summed E-state index contributed by atoms with van der Waals surface area (Å²) < 4.78 is 6.93. The number of nitrogens with zero attached hydrogens (tertiary/aromatic N) is 3. The van der Waals surface area contributed by atoms with Gasteiger partial charge in [-0.15, -0.1) is 0 Å². The van der Waals surface area contributed by atoms with Crippen molar-refractivity contribution in [2.24, 2.45) is 5.92 Å². The van der Waals surface area contributed by atoms with Crippen LogP contribution in [0, 0.1) is 5.92 Å². The lowest BCUT2D eigenvalue weighted by Gasteiger charge is -2.37. The average Bonchev–Trinajstić information content (AvgIpc) is 3.45. The molecule has 4 heterocycles. The van der Waals surface area contributed by atoms with E-state index in [0.717, 1.165) is 11.1 Å². The van der Waals surface area contributed by atoms with Crippen LogP contribution in [0.15, 0.2) is 72.8 Å². The third-order valence-electron chi connectivity index (χ3n) is 10.3. The first-order valence-corrected chi connectivity index (χ1v) is 18.8. The molecule has 3 amide bonds. The first-order chi connectivity index (χ1) is 21.5. The molecular formula is C35H39N3O6Si. The molecule has 5 atom stereocenters. The van der Waals surface area contributed by atoms with Crippen molar-refractivity contribution in [1.29, 1.82) is 0 Å². The number of hydrogen-bond acceptors (Lipinski definition) is 6. The zero-order valence-corrected chi connectivity index (χ0v) is 26.8. The second kappa shape index (κ2) is 10.9. The maximum atomic E-state index is 14.8. The number of aliphatic hydroxyl groups is 1. The van der Waals surface area contributed by atoms with Gasteiger partial charge < -0.3 is 24.4 Å². The summed E-state index contributed by atoms with van der Waals surface area (Å²) in [4.78, 5) is 58.1. The molecule has 4 aliphatic heterocycles. The van der Waals surface area contributed by atoms with Gasteiger partial charge in [0.15, 0.2) is 13.9 Å². The number of hydrogen-bond donors (Lipinski definition) is 2. The third kappa shape index (κ3) is 4.65. The molecule has 0 aromatic heterocycles. The zero-order chi connectivity index (χ0) is 31.7. The number of rotatable bonds is 6. The zero-order valence-electron chi connectivity index (χ0n) is 25.8. The Morgan fingerprint density at radius 3 is 2.36 bits per heavy atom. The third-order valence-corrected chi connectivity index (χ3v) is 12.8. The van der Waals surface area contributed by atoms with E-state index in [1.807, 2.05) is 92.8 Å². The van der Waals surface area contributed by atoms with Gasteiger partial charge in [0.05, 0.1) is 30.9 Å². The van der Waals surface area contributed by atoms with Gasteiger partial charge in [-0.05, 0) is 61.0 Å². The average molecular weight is 626 g/mol. The van der Waals surface area contributed by atoms with Crippen LogP contribution in [-0.4, -0.2) is 66.1 Å². The van der Waals surface area contributed by atoms with Gasteiger partial charge in [-0.25, -0.2) is 0 Å². The fourth-order valence-corrected chi connectivity index (χ4v) is 10.7. The molecule has 0 bridgehead atoms. The van der Waals surface area contributed by atoms with Gasteiger partial charge in [0.2, 0.25) is 11.8 Å². The maximum Gasteiger partial charge on any atom is 0.268 e. The lowest BCUT2D eigenvalue weighted by Crippen LogP contribution is -2.48. The van der Waals surface area contributed by atoms with Crippen LogP contribution in [0.2, 0.25) is 18.6 Å². The maximum absolute atomic E-state index is 14.8. The van der Waals surface area contributed by atoms with Crippen LogP contribution in [0.5, 0.6) is 0 Å². The van der Waals surface area contributed by atoms with Crippen LogP contribution >= 0.6 is 0 Å². The first-order valence-electron chi connectivity index (χ1n) is 15.8. The van der Waals surface area contributed by atoms with Gasteiger partial charge in [0.25, 0.3) is 5.91 Å². The monoisotopic (exact) mass is 625 g/mol. The molecule has 2 N–H and O–H groups in total. The predicted octanol–water partition coefficient (Wildman–Crippen LogP) is 4.24. The molecule has 1 spiro atoms. The van der Waals surface area contributed by atoms with E-state index in [4.69, 9.17) is 4.74 Å². The number of ether oxygens (including phenoxy) is 1. The van der Waals surface area contributed by atoms with E-state index >= 15 is 0 Å². The summed E-state index contributed by atoms with van der Waals surface area (Å²) in [5, 5.41) is 10.2. The largest absolute Gasteiger partial charge is 0.432 e. The molecule has 10 heteroatoms. The van der Waals surface area contributed by atoms with Gasteiger partial charge in [-0.3, -0.25) is 19.3 Å². The van der Waals surface area contributed by atoms with Crippen molar-refractivity contribution in [1.82, 2.24) is 4.90 Å². The Morgan fingerprint density at radius 1 is 1.00 bits per heavy atom. The predicted molar refractivity (Wildman–Crippen MR) is 172 cm³/mol. The highest BCUT2D eigenvalue weighted by Gasteiger charge is 2.67. The van der Waals surface area contributed by atoms with Crippen molar-refractivity contribution >= 4 is 43.1 Å². The summed E-state index contributed by atoms with van der Waals surface area (Å²) in [5.74, 6) is -0.867. The van der Waals surface area contributed by atoms with Gasteiger partial charge in [-0.1, -0.05) is 49.4 Å². The smallest absolute Gasteiger partial charge is 0.268 e. The lowest BCUT2D eigenvalue weighted by atomic mass is 9.82. The minimum absolute atomic E-state index is 0.0231. The van der Waals surface area contributed by atoms with E-state index in [1.54, 1.807) is 14.7 Å². The Bertz CT molecular complexity index is 1680. The van der Waals surface area contributed by atoms with Crippen LogP contribution in [0.25, 0.3) is 0 Å². The Morgan fingerprint density at radius 2 is 1.71 bits per heavy atom. The molecule has 0 aliphatic carbocycles. The highest BCUT2D eigenvalue weighted by Crippen LogP contribution is 2.61. The van der Waals surface area contributed by atoms with Gasteiger partial charge >= 0.3 is 0 Å². The molecule has 2 saturated heterocycles. The van der Waals surface area contributed by atoms with E-state index in [2.05, 4.69) is 0 Å². The quantitative estimate of drug-likeness (QED) is 0.313. The number of benzene rings is 3. The van der Waals surface area contributed by atoms with E-state index < -0.39 is 31.5 Å². The molecule has 0 unspecified atom stereocenters. The number of carbonyl (C=O) groups excluding carboxylic acids is 3. The highest BCUT2D eigenvalue weighted by molar-refractivity contribution is 6.71. The van der Waals surface area contributed by atoms with Crippen molar-refractivity contribution < 1.29 is 29.0 Å². The fraction of sp³-hybridized carbons (Fsp3) is 0.400. The number of para-hydroxylation sites is 1. The van der Waals surface area contributed by atoms with E-state index in [1.165, 1.54) is 0 Å². The number of anilines is 3. The Labute approximate surface area is 264 Å². The number of aliphatic hydroxyl groups excluding tert-OH is 1. The number of amides is 3. The topological polar surface area (TPSA) is 111 Å². The van der Waals surface area contributed by atoms with Crippen molar-refractivity contribution in [2.45, 2.75) is 69.1 Å². The highest BCUT2D eigenvalue weighted by atomic mass is 28.4. The second-order valence-corrected chi connectivity index (χ2v) is 17.3. The SMILES string of the molecule is C[C@@H]1[C@@H]([Si](C)(C)O)[C@H](CC(=O)N2Cc3ccccc3C[C@H]2CO)O[C@@]12C(=O)N(c1ccccc1)c1ccc(N3CCC3=O)cc12. The molecular weight excluding hydrogens is 586 g/mol. The molecule has 0 radical (unpaired) electrons. The Kier molecular flexibility index (Phi) is 7.24. The minimum atomic E-state index is -3.02. The van der Waals surface area contributed by atoms with Crippen LogP contribution in [0.3, 0.4) is 0 Å². The summed E-state index contributed by atoms with van der Waals surface area (Å²) in [5.41, 5.74) is 3.00. The van der Waals surface area contributed by atoms with Gasteiger partial charge in [0.1, 0.15) is 0 Å². The van der Waals surface area contributed by atoms with Crippen LogP contribution < -0.4 is 9.80 Å². The molecule has 2 fully saturated rings. The summed E-state index contributed by atoms with van der Waals surface area (Å²) >= 11 is 0. The van der Waals surface area contributed by atoms with Crippen LogP contribution in [-0.2, 0) is 37.7 Å². The Hall–Kier alpha value is -3.83. The van der Waals surface area contributed by atoms with Crippen LogP contribution in [0.1, 0.15) is 36.5 Å². The van der Waals surface area contributed by atoms with Crippen LogP contribution in [0.4, 0.5) is 17.1 Å². The molecule has 234 valence electrons. The van der Waals surface area contributed by atoms with E-state index in [0.29, 0.717) is 48.6 Å². The molecule has 0 saturated carbocycles. The van der Waals surface area contributed by atoms with Crippen molar-refractivity contribution in [2.75, 3.05) is 23.0 Å². The summed E-state index contributed by atoms with van der Waals surface area (Å²) in [6, 6.07) is 22.6. The van der Waals surface area contributed by atoms with E-state index in [9.17, 15) is 24.3 Å². The normalized spacial score (nSPS) is 27.5. The molecule has 4 aliphatic rings. The summed E-state index contributed by atoms with van der Waals surface area (Å²) in [6.07, 6.45) is 0.294. The molecule has 45 heavy (non-hydrogen) atoms. The molecule has 3 aromatic rings. The molecule has 9 nitrogen and oxygen atoms in total. The standard InChI is InChI=1S/C35H39N3O6Si/c1-22-33(45(2,3)43)30(19-32(41)37-20-24-10-8-7-9-23(24)17-27(37)21-39)44-35(22)28-18-26(36-16-15-31(36)40)13-14-29(28)38(34(35)42)25-11-5-4-6-12-25/h4-14,18,22,27,30,33,39,43H,15-17,19-21H2,1-3H3/t22-,27+,30+,33-,35+/m1/s1. The van der Waals surface area contributed by atoms with Crippen molar-refractivity contribution in [3.8, 4) is 0 Å². The fourth-order valence-electron chi connectivity index (χ4n) is 8.11. The molecule has 7 rings (SSSR count). The number of β-lactam (4-membered cyclic amide) rings is 1. The van der Waals surface area contributed by atoms with Crippen molar-refractivity contribution in [3.05, 3.63) is 89.5 Å². The second-order valence-electron chi connectivity index (χ2n) is 13.4. The van der Waals surface area contributed by atoms with Gasteiger partial charge in [0, 0.05) is 47.9 Å². The van der Waals surface area contributed by atoms with Crippen molar-refractivity contribution in [3.63, 3.8) is 0 Å². The van der Waals surface area contributed by atoms with E-state index in [-0.39, 0.29) is 36.8 Å². The van der Waals surface area contributed by atoms with Gasteiger partial charge in [-0.2, -0.15) is 0 Å². The first kappa shape index (κ1) is 29.9. The molecule has 3 aromatic carbocycles. The number of fused-ring (bicyclic) bond motifs is 3.